The minimum atomic E-state index is -0.0725. The Labute approximate surface area is 131 Å². The number of halogens is 2. The Hall–Kier alpha value is -1.32. The molecule has 0 bridgehead atoms. The normalized spacial score (nSPS) is 10.4. The van der Waals surface area contributed by atoms with Gasteiger partial charge in [0.05, 0.1) is 12.7 Å². The zero-order valence-corrected chi connectivity index (χ0v) is 13.8. The van der Waals surface area contributed by atoms with Gasteiger partial charge in [-0.2, -0.15) is 0 Å². The molecule has 0 heterocycles. The molecule has 0 aliphatic carbocycles. The van der Waals surface area contributed by atoms with Crippen LogP contribution in [0.1, 0.15) is 27.0 Å². The Balaban J connectivity index is 2.55. The van der Waals surface area contributed by atoms with Crippen LogP contribution in [0.5, 0.6) is 5.75 Å². The Morgan fingerprint density at radius 2 is 1.80 bits per heavy atom. The number of hydrogen-bond acceptors (Lipinski definition) is 2. The van der Waals surface area contributed by atoms with Crippen LogP contribution >= 0.6 is 27.5 Å². The van der Waals surface area contributed by atoms with E-state index >= 15 is 0 Å². The van der Waals surface area contributed by atoms with Gasteiger partial charge in [-0.25, -0.2) is 0 Å². The van der Waals surface area contributed by atoms with Crippen LogP contribution in [-0.2, 0) is 0 Å². The van der Waals surface area contributed by atoms with E-state index < -0.39 is 0 Å². The van der Waals surface area contributed by atoms with Gasteiger partial charge in [-0.1, -0.05) is 27.5 Å². The van der Waals surface area contributed by atoms with E-state index in [1.807, 2.05) is 19.9 Å². The summed E-state index contributed by atoms with van der Waals surface area (Å²) in [5, 5.41) is 0.621. The first-order chi connectivity index (χ1) is 9.43. The highest BCUT2D eigenvalue weighted by Crippen LogP contribution is 2.29. The molecule has 2 nitrogen and oxygen atoms in total. The summed E-state index contributed by atoms with van der Waals surface area (Å²) in [6.45, 7) is 3.82. The largest absolute Gasteiger partial charge is 0.496 e. The van der Waals surface area contributed by atoms with Crippen molar-refractivity contribution in [1.29, 1.82) is 0 Å². The minimum Gasteiger partial charge on any atom is -0.496 e. The fourth-order valence-electron chi connectivity index (χ4n) is 2.03. The average molecular weight is 354 g/mol. The molecule has 0 spiro atoms. The molecule has 0 fully saturated rings. The highest BCUT2D eigenvalue weighted by Gasteiger charge is 2.18. The molecular formula is C16H14BrClO2. The molecule has 4 heteroatoms. The van der Waals surface area contributed by atoms with E-state index in [4.69, 9.17) is 16.3 Å². The van der Waals surface area contributed by atoms with Gasteiger partial charge in [0.1, 0.15) is 5.75 Å². The van der Waals surface area contributed by atoms with E-state index in [9.17, 15) is 4.79 Å². The lowest BCUT2D eigenvalue weighted by atomic mass is 9.97. The first-order valence-corrected chi connectivity index (χ1v) is 7.26. The molecule has 0 saturated heterocycles. The monoisotopic (exact) mass is 352 g/mol. The van der Waals surface area contributed by atoms with Gasteiger partial charge in [-0.3, -0.25) is 4.79 Å². The number of carbonyl (C=O) groups is 1. The van der Waals surface area contributed by atoms with Crippen molar-refractivity contribution in [3.63, 3.8) is 0 Å². The highest BCUT2D eigenvalue weighted by molar-refractivity contribution is 9.10. The molecule has 0 aliphatic heterocycles. The third-order valence-corrected chi connectivity index (χ3v) is 4.25. The highest BCUT2D eigenvalue weighted by atomic mass is 79.9. The van der Waals surface area contributed by atoms with Crippen molar-refractivity contribution in [2.24, 2.45) is 0 Å². The summed E-state index contributed by atoms with van der Waals surface area (Å²) in [5.74, 6) is 0.502. The number of methoxy groups -OCH3 is 1. The summed E-state index contributed by atoms with van der Waals surface area (Å²) in [6, 6.07) is 8.89. The standard InChI is InChI=1S/C16H14BrClO2/c1-9-6-11(18)4-5-12(9)16(19)13-8-14(17)10(2)7-15(13)20-3/h4-8H,1-3H3. The second-order valence-electron chi connectivity index (χ2n) is 4.59. The fourth-order valence-corrected chi connectivity index (χ4v) is 2.60. The lowest BCUT2D eigenvalue weighted by Crippen LogP contribution is -2.06. The van der Waals surface area contributed by atoms with Crippen molar-refractivity contribution < 1.29 is 9.53 Å². The zero-order chi connectivity index (χ0) is 14.9. The molecule has 0 atom stereocenters. The van der Waals surface area contributed by atoms with Crippen LogP contribution in [0.25, 0.3) is 0 Å². The van der Waals surface area contributed by atoms with Gasteiger partial charge in [0.15, 0.2) is 5.78 Å². The average Bonchev–Trinajstić information content (AvgIpc) is 2.40. The third-order valence-electron chi connectivity index (χ3n) is 3.16. The van der Waals surface area contributed by atoms with Crippen molar-refractivity contribution in [2.75, 3.05) is 7.11 Å². The van der Waals surface area contributed by atoms with E-state index in [-0.39, 0.29) is 5.78 Å². The number of benzene rings is 2. The first kappa shape index (κ1) is 15.1. The molecule has 0 saturated carbocycles. The Morgan fingerprint density at radius 3 is 2.40 bits per heavy atom. The summed E-state index contributed by atoms with van der Waals surface area (Å²) >= 11 is 9.38. The van der Waals surface area contributed by atoms with Crippen LogP contribution in [0.3, 0.4) is 0 Å². The van der Waals surface area contributed by atoms with Crippen LogP contribution in [-0.4, -0.2) is 12.9 Å². The van der Waals surface area contributed by atoms with Gasteiger partial charge in [0, 0.05) is 15.1 Å². The first-order valence-electron chi connectivity index (χ1n) is 6.09. The van der Waals surface area contributed by atoms with Crippen LogP contribution < -0.4 is 4.74 Å². The van der Waals surface area contributed by atoms with Crippen molar-refractivity contribution in [3.8, 4) is 5.75 Å². The molecule has 0 radical (unpaired) electrons. The Bertz CT molecular complexity index is 680. The van der Waals surface area contributed by atoms with Crippen molar-refractivity contribution in [3.05, 3.63) is 62.1 Å². The molecule has 2 aromatic rings. The number of aryl methyl sites for hydroxylation is 2. The molecule has 0 unspecified atom stereocenters. The molecule has 20 heavy (non-hydrogen) atoms. The van der Waals surface area contributed by atoms with Gasteiger partial charge in [-0.05, 0) is 55.3 Å². The van der Waals surface area contributed by atoms with E-state index in [1.165, 1.54) is 0 Å². The zero-order valence-electron chi connectivity index (χ0n) is 11.5. The van der Waals surface area contributed by atoms with Gasteiger partial charge >= 0.3 is 0 Å². The van der Waals surface area contributed by atoms with Crippen LogP contribution in [0.15, 0.2) is 34.8 Å². The van der Waals surface area contributed by atoms with Gasteiger partial charge in [-0.15, -0.1) is 0 Å². The van der Waals surface area contributed by atoms with E-state index in [2.05, 4.69) is 15.9 Å². The molecule has 0 amide bonds. The predicted molar refractivity (Wildman–Crippen MR) is 85.1 cm³/mol. The summed E-state index contributed by atoms with van der Waals surface area (Å²) in [5.41, 5.74) is 3.03. The van der Waals surface area contributed by atoms with Crippen LogP contribution in [0.2, 0.25) is 5.02 Å². The van der Waals surface area contributed by atoms with Crippen LogP contribution in [0, 0.1) is 13.8 Å². The quantitative estimate of drug-likeness (QED) is 0.729. The number of carbonyl (C=O) groups excluding carboxylic acids is 1. The van der Waals surface area contributed by atoms with E-state index in [0.29, 0.717) is 21.9 Å². The van der Waals surface area contributed by atoms with Crippen molar-refractivity contribution in [2.45, 2.75) is 13.8 Å². The lowest BCUT2D eigenvalue weighted by Gasteiger charge is -2.12. The second kappa shape index (κ2) is 5.98. The third kappa shape index (κ3) is 2.89. The molecule has 0 aromatic heterocycles. The molecule has 0 N–H and O–H groups in total. The SMILES string of the molecule is COc1cc(C)c(Br)cc1C(=O)c1ccc(Cl)cc1C. The number of ketones is 1. The minimum absolute atomic E-state index is 0.0725. The van der Waals surface area contributed by atoms with E-state index in [1.54, 1.807) is 31.4 Å². The molecule has 2 aromatic carbocycles. The van der Waals surface area contributed by atoms with Gasteiger partial charge in [0.2, 0.25) is 0 Å². The summed E-state index contributed by atoms with van der Waals surface area (Å²) in [6.07, 6.45) is 0. The smallest absolute Gasteiger partial charge is 0.197 e. The summed E-state index contributed by atoms with van der Waals surface area (Å²) in [4.78, 5) is 12.7. The predicted octanol–water partition coefficient (Wildman–Crippen LogP) is 4.96. The van der Waals surface area contributed by atoms with Crippen molar-refractivity contribution in [1.82, 2.24) is 0 Å². The Morgan fingerprint density at radius 1 is 1.10 bits per heavy atom. The summed E-state index contributed by atoms with van der Waals surface area (Å²) < 4.78 is 6.20. The topological polar surface area (TPSA) is 26.3 Å². The fraction of sp³-hybridized carbons (Fsp3) is 0.188. The molecule has 104 valence electrons. The molecule has 0 aliphatic rings. The maximum atomic E-state index is 12.7. The summed E-state index contributed by atoms with van der Waals surface area (Å²) in [7, 11) is 1.56. The van der Waals surface area contributed by atoms with E-state index in [0.717, 1.165) is 15.6 Å². The maximum Gasteiger partial charge on any atom is 0.197 e. The maximum absolute atomic E-state index is 12.7. The van der Waals surface area contributed by atoms with Crippen LogP contribution in [0.4, 0.5) is 0 Å². The lowest BCUT2D eigenvalue weighted by molar-refractivity contribution is 0.103. The molecule has 2 rings (SSSR count). The number of ether oxygens (including phenoxy) is 1. The molecular weight excluding hydrogens is 340 g/mol. The second-order valence-corrected chi connectivity index (χ2v) is 5.88. The number of hydrogen-bond donors (Lipinski definition) is 0. The van der Waals surface area contributed by atoms with Gasteiger partial charge < -0.3 is 4.74 Å². The Kier molecular flexibility index (Phi) is 4.51. The number of rotatable bonds is 3. The van der Waals surface area contributed by atoms with Gasteiger partial charge in [0.25, 0.3) is 0 Å². The van der Waals surface area contributed by atoms with Crippen molar-refractivity contribution >= 4 is 33.3 Å².